The van der Waals surface area contributed by atoms with E-state index in [1.165, 1.54) is 11.1 Å². The number of ether oxygens (including phenoxy) is 2. The van der Waals surface area contributed by atoms with Gasteiger partial charge in [-0.05, 0) is 50.2 Å². The fourth-order valence-electron chi connectivity index (χ4n) is 5.96. The van der Waals surface area contributed by atoms with Crippen molar-refractivity contribution in [3.63, 3.8) is 0 Å². The van der Waals surface area contributed by atoms with E-state index in [2.05, 4.69) is 30.2 Å². The summed E-state index contributed by atoms with van der Waals surface area (Å²) in [4.78, 5) is 2.48. The standard InChI is InChI=1S/C22H23NO3/c1-23-11-10-22-15-7-8-17(24)21(22)26-20-18(25-14-4-2-3-5-14)9-6-13(19(20)22)12-16(15)23/h2-9,14-17,21,24H,10-12H2,1H3/t15-,16+,17-,21-,22-/m0/s1. The monoisotopic (exact) mass is 349 g/mol. The van der Waals surface area contributed by atoms with E-state index in [0.717, 1.165) is 30.9 Å². The van der Waals surface area contributed by atoms with Crippen LogP contribution in [0.5, 0.6) is 11.5 Å². The molecule has 134 valence electrons. The molecular formula is C22H23NO3. The number of piperidine rings is 1. The van der Waals surface area contributed by atoms with Crippen LogP contribution in [-0.4, -0.2) is 48.0 Å². The van der Waals surface area contributed by atoms with E-state index in [1.807, 2.05) is 30.4 Å². The van der Waals surface area contributed by atoms with Crippen LogP contribution in [0, 0.1) is 5.92 Å². The molecule has 1 aromatic rings. The lowest BCUT2D eigenvalue weighted by atomic mass is 9.53. The second-order valence-corrected chi connectivity index (χ2v) is 8.26. The smallest absolute Gasteiger partial charge is 0.166 e. The molecule has 1 spiro atoms. The predicted octanol–water partition coefficient (Wildman–Crippen LogP) is 2.37. The summed E-state index contributed by atoms with van der Waals surface area (Å²) in [6.45, 7) is 1.04. The van der Waals surface area contributed by atoms with Crippen LogP contribution in [0.4, 0.5) is 0 Å². The molecule has 1 fully saturated rings. The first-order chi connectivity index (χ1) is 12.7. The molecule has 2 bridgehead atoms. The normalized spacial score (nSPS) is 39.2. The number of hydrogen-bond donors (Lipinski definition) is 1. The van der Waals surface area contributed by atoms with Gasteiger partial charge in [0.2, 0.25) is 0 Å². The SMILES string of the molecule is CN1CC[C@]23c4c5ccc(OC6C=CC=C6)c4O[C@H]2[C@@H](O)C=C[C@H]3[C@H]1C5. The summed E-state index contributed by atoms with van der Waals surface area (Å²) in [6, 6.07) is 4.75. The van der Waals surface area contributed by atoms with Gasteiger partial charge in [0.25, 0.3) is 0 Å². The largest absolute Gasteiger partial charge is 0.482 e. The molecule has 0 saturated carbocycles. The fraction of sp³-hybridized carbons (Fsp3) is 0.455. The highest BCUT2D eigenvalue weighted by Gasteiger charge is 2.64. The molecular weight excluding hydrogens is 326 g/mol. The minimum absolute atomic E-state index is 0.0410. The zero-order valence-electron chi connectivity index (χ0n) is 14.8. The van der Waals surface area contributed by atoms with E-state index in [-0.39, 0.29) is 17.6 Å². The van der Waals surface area contributed by atoms with Crippen LogP contribution in [0.3, 0.4) is 0 Å². The zero-order valence-corrected chi connectivity index (χ0v) is 14.8. The summed E-state index contributed by atoms with van der Waals surface area (Å²) in [6.07, 6.45) is 13.5. The average Bonchev–Trinajstić information content (AvgIpc) is 3.26. The Bertz CT molecular complexity index is 860. The Hall–Kier alpha value is -2.04. The number of rotatable bonds is 2. The fourth-order valence-corrected chi connectivity index (χ4v) is 5.96. The molecule has 26 heavy (non-hydrogen) atoms. The van der Waals surface area contributed by atoms with Crippen LogP contribution in [0.15, 0.2) is 48.6 Å². The van der Waals surface area contributed by atoms with Gasteiger partial charge < -0.3 is 19.5 Å². The first-order valence-corrected chi connectivity index (χ1v) is 9.60. The molecule has 6 rings (SSSR count). The van der Waals surface area contributed by atoms with Crippen molar-refractivity contribution in [3.05, 3.63) is 59.7 Å². The van der Waals surface area contributed by atoms with Crippen molar-refractivity contribution in [1.82, 2.24) is 4.90 Å². The molecule has 5 aliphatic rings. The van der Waals surface area contributed by atoms with Crippen molar-refractivity contribution in [3.8, 4) is 11.5 Å². The third-order valence-electron chi connectivity index (χ3n) is 7.11. The highest BCUT2D eigenvalue weighted by molar-refractivity contribution is 5.62. The van der Waals surface area contributed by atoms with Crippen LogP contribution in [-0.2, 0) is 11.8 Å². The second-order valence-electron chi connectivity index (χ2n) is 8.26. The van der Waals surface area contributed by atoms with E-state index in [0.29, 0.717) is 12.0 Å². The van der Waals surface area contributed by atoms with Gasteiger partial charge in [-0.25, -0.2) is 0 Å². The van der Waals surface area contributed by atoms with Gasteiger partial charge in [-0.3, -0.25) is 0 Å². The first kappa shape index (κ1) is 15.1. The Morgan fingerprint density at radius 1 is 1.19 bits per heavy atom. The van der Waals surface area contributed by atoms with Crippen LogP contribution >= 0.6 is 0 Å². The molecule has 1 saturated heterocycles. The number of hydrogen-bond acceptors (Lipinski definition) is 4. The van der Waals surface area contributed by atoms with Gasteiger partial charge in [0.15, 0.2) is 11.5 Å². The molecule has 3 aliphatic carbocycles. The summed E-state index contributed by atoms with van der Waals surface area (Å²) in [5, 5.41) is 10.7. The summed E-state index contributed by atoms with van der Waals surface area (Å²) in [5.41, 5.74) is 2.56. The minimum Gasteiger partial charge on any atom is -0.482 e. The van der Waals surface area contributed by atoms with Crippen LogP contribution in [0.1, 0.15) is 17.5 Å². The highest BCUT2D eigenvalue weighted by atomic mass is 16.5. The Balaban J connectivity index is 1.54. The topological polar surface area (TPSA) is 41.9 Å². The van der Waals surface area contributed by atoms with Gasteiger partial charge in [-0.1, -0.05) is 30.4 Å². The van der Waals surface area contributed by atoms with Gasteiger partial charge in [0.1, 0.15) is 18.3 Å². The highest BCUT2D eigenvalue weighted by Crippen LogP contribution is 2.62. The lowest BCUT2D eigenvalue weighted by molar-refractivity contribution is -0.0454. The van der Waals surface area contributed by atoms with E-state index < -0.39 is 6.10 Å². The van der Waals surface area contributed by atoms with Gasteiger partial charge >= 0.3 is 0 Å². The molecule has 0 radical (unpaired) electrons. The Morgan fingerprint density at radius 2 is 2.04 bits per heavy atom. The summed E-state index contributed by atoms with van der Waals surface area (Å²) in [5.74, 6) is 2.07. The summed E-state index contributed by atoms with van der Waals surface area (Å²) < 4.78 is 12.7. The van der Waals surface area contributed by atoms with Crippen molar-refractivity contribution in [2.75, 3.05) is 13.6 Å². The Morgan fingerprint density at radius 3 is 2.88 bits per heavy atom. The first-order valence-electron chi connectivity index (χ1n) is 9.60. The average molecular weight is 349 g/mol. The Labute approximate surface area is 153 Å². The molecule has 4 heteroatoms. The molecule has 0 amide bonds. The van der Waals surface area contributed by atoms with Crippen LogP contribution in [0.25, 0.3) is 0 Å². The third kappa shape index (κ3) is 1.72. The quantitative estimate of drug-likeness (QED) is 0.833. The van der Waals surface area contributed by atoms with Crippen molar-refractivity contribution in [2.45, 2.75) is 42.6 Å². The predicted molar refractivity (Wildman–Crippen MR) is 98.6 cm³/mol. The maximum absolute atomic E-state index is 10.7. The van der Waals surface area contributed by atoms with Crippen LogP contribution in [0.2, 0.25) is 0 Å². The van der Waals surface area contributed by atoms with E-state index in [9.17, 15) is 5.11 Å². The zero-order chi connectivity index (χ0) is 17.5. The molecule has 0 aromatic heterocycles. The lowest BCUT2D eigenvalue weighted by Gasteiger charge is -2.56. The van der Waals surface area contributed by atoms with Gasteiger partial charge in [0.05, 0.1) is 0 Å². The van der Waals surface area contributed by atoms with E-state index in [4.69, 9.17) is 9.47 Å². The molecule has 1 N–H and O–H groups in total. The van der Waals surface area contributed by atoms with Gasteiger partial charge in [-0.2, -0.15) is 0 Å². The molecule has 1 aromatic carbocycles. The number of nitrogens with zero attached hydrogens (tertiary/aromatic N) is 1. The third-order valence-corrected chi connectivity index (χ3v) is 7.11. The van der Waals surface area contributed by atoms with Crippen LogP contribution < -0.4 is 9.47 Å². The lowest BCUT2D eigenvalue weighted by Crippen LogP contribution is -2.64. The number of benzene rings is 1. The Kier molecular flexibility index (Phi) is 2.91. The maximum atomic E-state index is 10.7. The number of likely N-dealkylation sites (N-methyl/N-ethyl adjacent to an activating group) is 1. The van der Waals surface area contributed by atoms with Crippen molar-refractivity contribution in [1.29, 1.82) is 0 Å². The van der Waals surface area contributed by atoms with Crippen molar-refractivity contribution >= 4 is 0 Å². The number of likely N-dealkylation sites (tertiary alicyclic amines) is 1. The summed E-state index contributed by atoms with van der Waals surface area (Å²) in [7, 11) is 2.23. The van der Waals surface area contributed by atoms with Crippen molar-refractivity contribution < 1.29 is 14.6 Å². The van der Waals surface area contributed by atoms with Gasteiger partial charge in [0, 0.05) is 22.9 Å². The summed E-state index contributed by atoms with van der Waals surface area (Å²) >= 11 is 0. The molecule has 2 aliphatic heterocycles. The molecule has 2 heterocycles. The number of aliphatic hydroxyl groups is 1. The van der Waals surface area contributed by atoms with E-state index in [1.54, 1.807) is 0 Å². The number of allylic oxidation sites excluding steroid dienone is 2. The second kappa shape index (κ2) is 5.02. The van der Waals surface area contributed by atoms with Crippen molar-refractivity contribution in [2.24, 2.45) is 5.92 Å². The number of aliphatic hydroxyl groups excluding tert-OH is 1. The van der Waals surface area contributed by atoms with Gasteiger partial charge in [-0.15, -0.1) is 0 Å². The maximum Gasteiger partial charge on any atom is 0.166 e. The molecule has 4 nitrogen and oxygen atoms in total. The molecule has 5 atom stereocenters. The minimum atomic E-state index is -0.562. The van der Waals surface area contributed by atoms with E-state index >= 15 is 0 Å². The molecule has 0 unspecified atom stereocenters.